The van der Waals surface area contributed by atoms with Crippen LogP contribution < -0.4 is 10.6 Å². The van der Waals surface area contributed by atoms with E-state index in [1.165, 1.54) is 6.07 Å². The van der Waals surface area contributed by atoms with Crippen molar-refractivity contribution >= 4 is 34.8 Å². The van der Waals surface area contributed by atoms with Crippen LogP contribution in [0.4, 0.5) is 11.4 Å². The monoisotopic (exact) mass is 238 g/mol. The van der Waals surface area contributed by atoms with Crippen LogP contribution in [-0.4, -0.2) is 11.8 Å². The highest BCUT2D eigenvalue weighted by Crippen LogP contribution is 2.30. The summed E-state index contributed by atoms with van der Waals surface area (Å²) in [6, 6.07) is 4.74. The molecule has 2 rings (SSSR count). The number of hydrogen-bond donors (Lipinski definition) is 1. The van der Waals surface area contributed by atoms with Crippen molar-refractivity contribution in [3.63, 3.8) is 0 Å². The summed E-state index contributed by atoms with van der Waals surface area (Å²) in [4.78, 5) is 24.5. The maximum atomic E-state index is 11.7. The summed E-state index contributed by atoms with van der Waals surface area (Å²) >= 11 is 5.85. The number of anilines is 2. The molecular weight excluding hydrogens is 228 g/mol. The van der Waals surface area contributed by atoms with Gasteiger partial charge in [0.05, 0.1) is 16.4 Å². The first kappa shape index (κ1) is 11.0. The number of amides is 2. The average molecular weight is 239 g/mol. The van der Waals surface area contributed by atoms with Gasteiger partial charge in [0.25, 0.3) is 0 Å². The molecule has 0 aromatic heterocycles. The van der Waals surface area contributed by atoms with Gasteiger partial charge >= 0.3 is 0 Å². The number of benzene rings is 1. The van der Waals surface area contributed by atoms with Crippen molar-refractivity contribution in [2.45, 2.75) is 13.3 Å². The second kappa shape index (κ2) is 3.79. The highest BCUT2D eigenvalue weighted by Gasteiger charge is 2.36. The molecule has 2 amide bonds. The van der Waals surface area contributed by atoms with Crippen molar-refractivity contribution in [2.24, 2.45) is 5.92 Å². The number of hydrogen-bond acceptors (Lipinski definition) is 3. The molecule has 1 aromatic rings. The number of nitrogen functional groups attached to an aromatic ring is 1. The molecule has 0 saturated carbocycles. The maximum Gasteiger partial charge on any atom is 0.237 e. The van der Waals surface area contributed by atoms with Gasteiger partial charge in [-0.1, -0.05) is 18.5 Å². The van der Waals surface area contributed by atoms with Gasteiger partial charge in [-0.05, 0) is 18.2 Å². The lowest BCUT2D eigenvalue weighted by Crippen LogP contribution is -2.29. The molecule has 1 atom stereocenters. The molecule has 1 fully saturated rings. The Morgan fingerprint density at radius 1 is 1.44 bits per heavy atom. The van der Waals surface area contributed by atoms with E-state index in [2.05, 4.69) is 0 Å². The van der Waals surface area contributed by atoms with Gasteiger partial charge in [0, 0.05) is 12.3 Å². The van der Waals surface area contributed by atoms with Crippen LogP contribution in [0.3, 0.4) is 0 Å². The van der Waals surface area contributed by atoms with E-state index in [-0.39, 0.29) is 24.2 Å². The van der Waals surface area contributed by atoms with Gasteiger partial charge in [0.1, 0.15) is 0 Å². The second-order valence-electron chi connectivity index (χ2n) is 3.88. The Bertz CT molecular complexity index is 473. The lowest BCUT2D eigenvalue weighted by atomic mass is 10.1. The number of nitrogens with two attached hydrogens (primary N) is 1. The number of imide groups is 1. The van der Waals surface area contributed by atoms with Crippen LogP contribution in [-0.2, 0) is 9.59 Å². The first-order chi connectivity index (χ1) is 7.50. The summed E-state index contributed by atoms with van der Waals surface area (Å²) in [6.07, 6.45) is 0.251. The zero-order valence-corrected chi connectivity index (χ0v) is 9.49. The molecule has 2 N–H and O–H groups in total. The smallest absolute Gasteiger partial charge is 0.237 e. The SMILES string of the molecule is CC1CC(=O)N(c2ccc(N)c(Cl)c2)C1=O. The summed E-state index contributed by atoms with van der Waals surface area (Å²) < 4.78 is 0. The Morgan fingerprint density at radius 2 is 2.12 bits per heavy atom. The highest BCUT2D eigenvalue weighted by atomic mass is 35.5. The number of halogens is 1. The number of carbonyl (C=O) groups excluding carboxylic acids is 2. The van der Waals surface area contributed by atoms with Crippen LogP contribution in [0.2, 0.25) is 5.02 Å². The van der Waals surface area contributed by atoms with Crippen molar-refractivity contribution in [3.05, 3.63) is 23.2 Å². The fourth-order valence-corrected chi connectivity index (χ4v) is 1.88. The molecule has 1 heterocycles. The van der Waals surface area contributed by atoms with Crippen molar-refractivity contribution in [2.75, 3.05) is 10.6 Å². The molecule has 0 radical (unpaired) electrons. The molecule has 0 aliphatic carbocycles. The van der Waals surface area contributed by atoms with E-state index in [9.17, 15) is 9.59 Å². The van der Waals surface area contributed by atoms with E-state index in [0.717, 1.165) is 4.90 Å². The minimum Gasteiger partial charge on any atom is -0.398 e. The summed E-state index contributed by atoms with van der Waals surface area (Å²) in [7, 11) is 0. The molecule has 1 saturated heterocycles. The van der Waals surface area contributed by atoms with Gasteiger partial charge in [0.15, 0.2) is 0 Å². The van der Waals surface area contributed by atoms with Gasteiger partial charge < -0.3 is 5.73 Å². The summed E-state index contributed by atoms with van der Waals surface area (Å²) in [5.41, 5.74) is 6.48. The molecule has 1 unspecified atom stereocenters. The van der Waals surface area contributed by atoms with Crippen molar-refractivity contribution in [1.29, 1.82) is 0 Å². The van der Waals surface area contributed by atoms with E-state index in [0.29, 0.717) is 16.4 Å². The van der Waals surface area contributed by atoms with Gasteiger partial charge in [-0.15, -0.1) is 0 Å². The number of rotatable bonds is 1. The van der Waals surface area contributed by atoms with E-state index in [1.807, 2.05) is 0 Å². The maximum absolute atomic E-state index is 11.7. The first-order valence-corrected chi connectivity index (χ1v) is 5.30. The Balaban J connectivity index is 2.41. The van der Waals surface area contributed by atoms with Gasteiger partial charge in [-0.2, -0.15) is 0 Å². The van der Waals surface area contributed by atoms with Gasteiger partial charge in [-0.25, -0.2) is 0 Å². The predicted molar refractivity (Wildman–Crippen MR) is 62.1 cm³/mol. The average Bonchev–Trinajstić information content (AvgIpc) is 2.47. The van der Waals surface area contributed by atoms with Crippen molar-refractivity contribution in [1.82, 2.24) is 0 Å². The molecule has 5 heteroatoms. The van der Waals surface area contributed by atoms with Crippen LogP contribution in [0.1, 0.15) is 13.3 Å². The number of nitrogens with zero attached hydrogens (tertiary/aromatic N) is 1. The van der Waals surface area contributed by atoms with E-state index >= 15 is 0 Å². The molecule has 4 nitrogen and oxygen atoms in total. The minimum atomic E-state index is -0.260. The van der Waals surface area contributed by atoms with Crippen LogP contribution in [0, 0.1) is 5.92 Å². The minimum absolute atomic E-state index is 0.189. The summed E-state index contributed by atoms with van der Waals surface area (Å²) in [5, 5.41) is 0.345. The Labute approximate surface area is 98.0 Å². The highest BCUT2D eigenvalue weighted by molar-refractivity contribution is 6.33. The normalized spacial score (nSPS) is 20.6. The van der Waals surface area contributed by atoms with Crippen molar-refractivity contribution in [3.8, 4) is 0 Å². The van der Waals surface area contributed by atoms with E-state index in [1.54, 1.807) is 19.1 Å². The Morgan fingerprint density at radius 3 is 2.62 bits per heavy atom. The molecule has 0 bridgehead atoms. The first-order valence-electron chi connectivity index (χ1n) is 4.92. The predicted octanol–water partition coefficient (Wildman–Crippen LogP) is 1.82. The Kier molecular flexibility index (Phi) is 2.59. The zero-order valence-electron chi connectivity index (χ0n) is 8.74. The fraction of sp³-hybridized carbons (Fsp3) is 0.273. The third-order valence-corrected chi connectivity index (χ3v) is 2.94. The van der Waals surface area contributed by atoms with Crippen LogP contribution in [0.15, 0.2) is 18.2 Å². The molecule has 0 spiro atoms. The fourth-order valence-electron chi connectivity index (χ4n) is 1.71. The number of carbonyl (C=O) groups is 2. The van der Waals surface area contributed by atoms with Crippen LogP contribution >= 0.6 is 11.6 Å². The van der Waals surface area contributed by atoms with Gasteiger partial charge in [-0.3, -0.25) is 14.5 Å². The molecular formula is C11H11ClN2O2. The topological polar surface area (TPSA) is 63.4 Å². The lowest BCUT2D eigenvalue weighted by molar-refractivity contribution is -0.122. The van der Waals surface area contributed by atoms with Crippen LogP contribution in [0.5, 0.6) is 0 Å². The van der Waals surface area contributed by atoms with E-state index in [4.69, 9.17) is 17.3 Å². The largest absolute Gasteiger partial charge is 0.398 e. The standard InChI is InChI=1S/C11H11ClN2O2/c1-6-4-10(15)14(11(6)16)7-2-3-9(13)8(12)5-7/h2-3,5-6H,4,13H2,1H3. The molecule has 1 aliphatic heterocycles. The molecule has 84 valence electrons. The third kappa shape index (κ3) is 1.65. The van der Waals surface area contributed by atoms with E-state index < -0.39 is 0 Å². The summed E-state index contributed by atoms with van der Waals surface area (Å²) in [5.74, 6) is -0.645. The molecule has 16 heavy (non-hydrogen) atoms. The van der Waals surface area contributed by atoms with Gasteiger partial charge in [0.2, 0.25) is 11.8 Å². The lowest BCUT2D eigenvalue weighted by Gasteiger charge is -2.15. The zero-order chi connectivity index (χ0) is 11.9. The molecule has 1 aliphatic rings. The second-order valence-corrected chi connectivity index (χ2v) is 4.29. The van der Waals surface area contributed by atoms with Crippen LogP contribution in [0.25, 0.3) is 0 Å². The third-order valence-electron chi connectivity index (χ3n) is 2.61. The Hall–Kier alpha value is -1.55. The molecule has 1 aromatic carbocycles. The van der Waals surface area contributed by atoms with Crippen molar-refractivity contribution < 1.29 is 9.59 Å². The summed E-state index contributed by atoms with van der Waals surface area (Å²) in [6.45, 7) is 1.74. The quantitative estimate of drug-likeness (QED) is 0.600.